The zero-order valence-corrected chi connectivity index (χ0v) is 14.5. The van der Waals surface area contributed by atoms with Crippen LogP contribution in [0.5, 0.6) is 0 Å². The molecular formula is C19H32O3. The van der Waals surface area contributed by atoms with Crippen molar-refractivity contribution in [2.24, 2.45) is 16.7 Å². The number of aliphatic hydroxyl groups is 2. The summed E-state index contributed by atoms with van der Waals surface area (Å²) < 4.78 is 5.89. The summed E-state index contributed by atoms with van der Waals surface area (Å²) in [5.74, 6) is -0.0314. The van der Waals surface area contributed by atoms with E-state index in [1.807, 2.05) is 18.2 Å². The average Bonchev–Trinajstić information content (AvgIpc) is 2.44. The lowest BCUT2D eigenvalue weighted by atomic mass is 9.71. The van der Waals surface area contributed by atoms with Crippen molar-refractivity contribution in [1.29, 1.82) is 0 Å². The Morgan fingerprint density at radius 3 is 2.09 bits per heavy atom. The fraction of sp³-hybridized carbons (Fsp3) is 0.684. The molecule has 0 aliphatic heterocycles. The maximum atomic E-state index is 9.27. The van der Waals surface area contributed by atoms with E-state index in [0.717, 1.165) is 12.8 Å². The molecule has 0 heterocycles. The topological polar surface area (TPSA) is 49.7 Å². The van der Waals surface area contributed by atoms with Gasteiger partial charge in [-0.1, -0.05) is 58.0 Å². The Bertz CT molecular complexity index is 408. The quantitative estimate of drug-likeness (QED) is 0.694. The van der Waals surface area contributed by atoms with Gasteiger partial charge in [0.05, 0.1) is 13.2 Å². The molecule has 1 rings (SSSR count). The molecule has 0 fully saturated rings. The highest BCUT2D eigenvalue weighted by atomic mass is 16.5. The van der Waals surface area contributed by atoms with Gasteiger partial charge in [-0.15, -0.1) is 0 Å². The van der Waals surface area contributed by atoms with E-state index >= 15 is 0 Å². The third-order valence-corrected chi connectivity index (χ3v) is 3.92. The zero-order valence-electron chi connectivity index (χ0n) is 14.5. The van der Waals surface area contributed by atoms with Crippen LogP contribution in [0.4, 0.5) is 0 Å². The van der Waals surface area contributed by atoms with Crippen LogP contribution >= 0.6 is 0 Å². The van der Waals surface area contributed by atoms with E-state index in [2.05, 4.69) is 39.8 Å². The van der Waals surface area contributed by atoms with Crippen LogP contribution in [0.2, 0.25) is 0 Å². The highest BCUT2D eigenvalue weighted by molar-refractivity contribution is 5.13. The lowest BCUT2D eigenvalue weighted by Crippen LogP contribution is -2.30. The first-order valence-corrected chi connectivity index (χ1v) is 8.11. The molecule has 0 aromatic heterocycles. The lowest BCUT2D eigenvalue weighted by Gasteiger charge is -2.36. The number of rotatable bonds is 10. The average molecular weight is 308 g/mol. The van der Waals surface area contributed by atoms with Crippen LogP contribution in [-0.4, -0.2) is 30.0 Å². The molecule has 0 aliphatic carbocycles. The Morgan fingerprint density at radius 1 is 0.955 bits per heavy atom. The highest BCUT2D eigenvalue weighted by Gasteiger charge is 2.31. The molecular weight excluding hydrogens is 276 g/mol. The van der Waals surface area contributed by atoms with Crippen LogP contribution in [0, 0.1) is 16.7 Å². The molecule has 0 bridgehead atoms. The minimum absolute atomic E-state index is 0.0314. The molecule has 0 radical (unpaired) electrons. The van der Waals surface area contributed by atoms with E-state index in [-0.39, 0.29) is 30.0 Å². The van der Waals surface area contributed by atoms with Gasteiger partial charge in [-0.05, 0) is 29.2 Å². The Kier molecular flexibility index (Phi) is 7.54. The van der Waals surface area contributed by atoms with Crippen molar-refractivity contribution in [3.8, 4) is 0 Å². The van der Waals surface area contributed by atoms with Crippen LogP contribution in [0.1, 0.15) is 46.1 Å². The van der Waals surface area contributed by atoms with Crippen molar-refractivity contribution in [3.05, 3.63) is 35.9 Å². The Balaban J connectivity index is 2.44. The molecule has 0 atom stereocenters. The van der Waals surface area contributed by atoms with E-state index in [1.165, 1.54) is 5.56 Å². The Morgan fingerprint density at radius 2 is 1.55 bits per heavy atom. The zero-order chi connectivity index (χ0) is 16.6. The third-order valence-electron chi connectivity index (χ3n) is 3.92. The smallest absolute Gasteiger partial charge is 0.0717 e. The normalized spacial score (nSPS) is 12.9. The molecule has 0 amide bonds. The number of hydrogen-bond acceptors (Lipinski definition) is 3. The second-order valence-electron chi connectivity index (χ2n) is 7.92. The number of ether oxygens (including phenoxy) is 1. The maximum Gasteiger partial charge on any atom is 0.0717 e. The maximum absolute atomic E-state index is 9.27. The predicted molar refractivity (Wildman–Crippen MR) is 90.6 cm³/mol. The summed E-state index contributed by atoms with van der Waals surface area (Å²) in [6.45, 7) is 10.3. The van der Waals surface area contributed by atoms with Crippen LogP contribution in [-0.2, 0) is 11.3 Å². The first-order valence-electron chi connectivity index (χ1n) is 8.11. The molecule has 0 saturated heterocycles. The third kappa shape index (κ3) is 7.39. The van der Waals surface area contributed by atoms with E-state index in [1.54, 1.807) is 0 Å². The number of hydrogen-bond donors (Lipinski definition) is 2. The van der Waals surface area contributed by atoms with E-state index in [4.69, 9.17) is 4.74 Å². The largest absolute Gasteiger partial charge is 0.396 e. The lowest BCUT2D eigenvalue weighted by molar-refractivity contribution is 0.0170. The molecule has 3 heteroatoms. The van der Waals surface area contributed by atoms with Gasteiger partial charge in [0.2, 0.25) is 0 Å². The molecule has 0 aliphatic rings. The van der Waals surface area contributed by atoms with Gasteiger partial charge in [0.1, 0.15) is 0 Å². The molecule has 3 nitrogen and oxygen atoms in total. The Hall–Kier alpha value is -0.900. The van der Waals surface area contributed by atoms with E-state index < -0.39 is 0 Å². The van der Waals surface area contributed by atoms with Crippen LogP contribution < -0.4 is 0 Å². The molecule has 2 N–H and O–H groups in total. The van der Waals surface area contributed by atoms with E-state index in [9.17, 15) is 10.2 Å². The first kappa shape index (κ1) is 19.1. The van der Waals surface area contributed by atoms with E-state index in [0.29, 0.717) is 13.2 Å². The van der Waals surface area contributed by atoms with Gasteiger partial charge >= 0.3 is 0 Å². The van der Waals surface area contributed by atoms with Crippen molar-refractivity contribution >= 4 is 0 Å². The molecule has 1 aromatic carbocycles. The summed E-state index contributed by atoms with van der Waals surface area (Å²) in [6, 6.07) is 10.2. The van der Waals surface area contributed by atoms with Gasteiger partial charge in [-0.3, -0.25) is 0 Å². The summed E-state index contributed by atoms with van der Waals surface area (Å²) in [4.78, 5) is 0. The minimum Gasteiger partial charge on any atom is -0.396 e. The standard InChI is InChI=1S/C19H32O3/c1-18(2,10-17(11-20)12-21)14-19(3,4)15-22-13-16-8-6-5-7-9-16/h5-9,17,20-21H,10-15H2,1-4H3. The second kappa shape index (κ2) is 8.66. The predicted octanol–water partition coefficient (Wildman–Crippen LogP) is 3.64. The molecule has 22 heavy (non-hydrogen) atoms. The molecule has 0 spiro atoms. The molecule has 1 aromatic rings. The van der Waals surface area contributed by atoms with Gasteiger partial charge in [-0.2, -0.15) is 0 Å². The van der Waals surface area contributed by atoms with Gasteiger partial charge < -0.3 is 14.9 Å². The van der Waals surface area contributed by atoms with Gasteiger partial charge in [-0.25, -0.2) is 0 Å². The van der Waals surface area contributed by atoms with Crippen molar-refractivity contribution < 1.29 is 14.9 Å². The van der Waals surface area contributed by atoms with Crippen molar-refractivity contribution in [2.45, 2.75) is 47.1 Å². The summed E-state index contributed by atoms with van der Waals surface area (Å²) in [6.07, 6.45) is 1.81. The van der Waals surface area contributed by atoms with Crippen LogP contribution in [0.15, 0.2) is 30.3 Å². The van der Waals surface area contributed by atoms with Crippen molar-refractivity contribution in [1.82, 2.24) is 0 Å². The Labute approximate surface area is 135 Å². The summed E-state index contributed by atoms with van der Waals surface area (Å²) in [5, 5.41) is 18.5. The fourth-order valence-electron chi connectivity index (χ4n) is 3.41. The first-order chi connectivity index (χ1) is 10.3. The summed E-state index contributed by atoms with van der Waals surface area (Å²) in [7, 11) is 0. The SMILES string of the molecule is CC(C)(COCc1ccccc1)CC(C)(C)CC(CO)CO. The number of benzene rings is 1. The molecule has 0 unspecified atom stereocenters. The van der Waals surface area contributed by atoms with Crippen molar-refractivity contribution in [2.75, 3.05) is 19.8 Å². The minimum atomic E-state index is -0.0314. The molecule has 126 valence electrons. The van der Waals surface area contributed by atoms with Gasteiger partial charge in [0.15, 0.2) is 0 Å². The summed E-state index contributed by atoms with van der Waals surface area (Å²) >= 11 is 0. The van der Waals surface area contributed by atoms with Gasteiger partial charge in [0, 0.05) is 19.1 Å². The highest BCUT2D eigenvalue weighted by Crippen LogP contribution is 2.38. The van der Waals surface area contributed by atoms with Crippen LogP contribution in [0.25, 0.3) is 0 Å². The fourth-order valence-corrected chi connectivity index (χ4v) is 3.41. The second-order valence-corrected chi connectivity index (χ2v) is 7.92. The molecule has 0 saturated carbocycles. The van der Waals surface area contributed by atoms with Gasteiger partial charge in [0.25, 0.3) is 0 Å². The van der Waals surface area contributed by atoms with Crippen molar-refractivity contribution in [3.63, 3.8) is 0 Å². The summed E-state index contributed by atoms with van der Waals surface area (Å²) in [5.41, 5.74) is 1.32. The monoisotopic (exact) mass is 308 g/mol. The van der Waals surface area contributed by atoms with Crippen LogP contribution in [0.3, 0.4) is 0 Å². The number of aliphatic hydroxyl groups excluding tert-OH is 2.